The van der Waals surface area contributed by atoms with E-state index in [-0.39, 0.29) is 5.82 Å². The summed E-state index contributed by atoms with van der Waals surface area (Å²) in [6.45, 7) is 2.77. The number of benzene rings is 1. The molecule has 0 aromatic heterocycles. The summed E-state index contributed by atoms with van der Waals surface area (Å²) in [7, 11) is 0. The Morgan fingerprint density at radius 3 is 2.62 bits per heavy atom. The number of likely N-dealkylation sites (tertiary alicyclic amines) is 1. The monoisotopic (exact) mass is 218 g/mol. The topological polar surface area (TPSA) is 27.0 Å². The lowest BCUT2D eigenvalue weighted by Crippen LogP contribution is -2.29. The van der Waals surface area contributed by atoms with Crippen LogP contribution < -0.4 is 0 Å². The van der Waals surface area contributed by atoms with E-state index >= 15 is 0 Å². The van der Waals surface area contributed by atoms with E-state index < -0.39 is 0 Å². The second-order valence-electron chi connectivity index (χ2n) is 4.25. The van der Waals surface area contributed by atoms with E-state index in [1.165, 1.54) is 25.3 Å². The van der Waals surface area contributed by atoms with Gasteiger partial charge in [0.05, 0.1) is 11.6 Å². The Labute approximate surface area is 95.3 Å². The maximum Gasteiger partial charge on any atom is 0.129 e. The quantitative estimate of drug-likeness (QED) is 0.763. The predicted octanol–water partition coefficient (Wildman–Crippen LogP) is 2.68. The van der Waals surface area contributed by atoms with Gasteiger partial charge >= 0.3 is 0 Å². The van der Waals surface area contributed by atoms with Crippen molar-refractivity contribution in [3.63, 3.8) is 0 Å². The molecule has 84 valence electrons. The predicted molar refractivity (Wildman–Crippen MR) is 60.2 cm³/mol. The Morgan fingerprint density at radius 2 is 2.00 bits per heavy atom. The van der Waals surface area contributed by atoms with Crippen molar-refractivity contribution in [1.82, 2.24) is 4.90 Å². The number of nitrogens with zero attached hydrogens (tertiary/aromatic N) is 2. The SMILES string of the molecule is N#Cc1ccc(CN2CCCCC2)c(F)c1. The molecular formula is C13H15FN2. The summed E-state index contributed by atoms with van der Waals surface area (Å²) in [6, 6.07) is 6.67. The van der Waals surface area contributed by atoms with E-state index in [4.69, 9.17) is 5.26 Å². The Bertz CT molecular complexity index is 403. The van der Waals surface area contributed by atoms with E-state index in [9.17, 15) is 4.39 Å². The molecule has 1 aliphatic rings. The number of halogens is 1. The van der Waals surface area contributed by atoms with Gasteiger partial charge in [0.15, 0.2) is 0 Å². The molecule has 0 amide bonds. The highest BCUT2D eigenvalue weighted by Crippen LogP contribution is 2.16. The van der Waals surface area contributed by atoms with Gasteiger partial charge in [0, 0.05) is 12.1 Å². The summed E-state index contributed by atoms with van der Waals surface area (Å²) in [5, 5.41) is 8.65. The van der Waals surface area contributed by atoms with Crippen molar-refractivity contribution in [3.05, 3.63) is 35.1 Å². The lowest BCUT2D eigenvalue weighted by Gasteiger charge is -2.26. The second-order valence-corrected chi connectivity index (χ2v) is 4.25. The molecule has 0 atom stereocenters. The van der Waals surface area contributed by atoms with E-state index in [2.05, 4.69) is 4.90 Å². The second kappa shape index (κ2) is 5.09. The average Bonchev–Trinajstić information content (AvgIpc) is 2.33. The summed E-state index contributed by atoms with van der Waals surface area (Å²) in [5.74, 6) is -0.260. The summed E-state index contributed by atoms with van der Waals surface area (Å²) in [4.78, 5) is 2.27. The van der Waals surface area contributed by atoms with Gasteiger partial charge in [-0.1, -0.05) is 12.5 Å². The summed E-state index contributed by atoms with van der Waals surface area (Å²) < 4.78 is 13.6. The summed E-state index contributed by atoms with van der Waals surface area (Å²) in [6.07, 6.45) is 3.70. The molecule has 1 heterocycles. The number of piperidine rings is 1. The van der Waals surface area contributed by atoms with Gasteiger partial charge in [-0.3, -0.25) is 4.90 Å². The highest BCUT2D eigenvalue weighted by atomic mass is 19.1. The molecule has 1 aromatic rings. The van der Waals surface area contributed by atoms with E-state index in [0.717, 1.165) is 13.1 Å². The van der Waals surface area contributed by atoms with Gasteiger partial charge in [-0.25, -0.2) is 4.39 Å². The molecule has 0 N–H and O–H groups in total. The Balaban J connectivity index is 2.06. The number of rotatable bonds is 2. The maximum atomic E-state index is 13.6. The third kappa shape index (κ3) is 2.59. The Kier molecular flexibility index (Phi) is 3.53. The van der Waals surface area contributed by atoms with Crippen LogP contribution in [0.25, 0.3) is 0 Å². The third-order valence-corrected chi connectivity index (χ3v) is 3.02. The molecule has 1 aliphatic heterocycles. The smallest absolute Gasteiger partial charge is 0.129 e. The lowest BCUT2D eigenvalue weighted by molar-refractivity contribution is 0.218. The largest absolute Gasteiger partial charge is 0.299 e. The fourth-order valence-corrected chi connectivity index (χ4v) is 2.10. The standard InChI is InChI=1S/C13H15FN2/c14-13-8-11(9-15)4-5-12(13)10-16-6-2-1-3-7-16/h4-5,8H,1-3,6-7,10H2. The molecule has 16 heavy (non-hydrogen) atoms. The van der Waals surface area contributed by atoms with Crippen LogP contribution in [0.3, 0.4) is 0 Å². The number of hydrogen-bond acceptors (Lipinski definition) is 2. The van der Waals surface area contributed by atoms with Crippen LogP contribution in [0.4, 0.5) is 4.39 Å². The minimum Gasteiger partial charge on any atom is -0.299 e. The molecule has 1 aromatic carbocycles. The molecule has 1 saturated heterocycles. The summed E-state index contributed by atoms with van der Waals surface area (Å²) >= 11 is 0. The Morgan fingerprint density at radius 1 is 1.25 bits per heavy atom. The van der Waals surface area contributed by atoms with Crippen molar-refractivity contribution in [2.45, 2.75) is 25.8 Å². The molecule has 3 heteroatoms. The van der Waals surface area contributed by atoms with Crippen molar-refractivity contribution in [2.24, 2.45) is 0 Å². The molecule has 0 saturated carbocycles. The first kappa shape index (κ1) is 11.1. The van der Waals surface area contributed by atoms with Crippen LogP contribution in [0, 0.1) is 17.1 Å². The molecule has 1 fully saturated rings. The van der Waals surface area contributed by atoms with E-state index in [0.29, 0.717) is 17.7 Å². The molecular weight excluding hydrogens is 203 g/mol. The van der Waals surface area contributed by atoms with E-state index in [1.807, 2.05) is 6.07 Å². The van der Waals surface area contributed by atoms with Crippen LogP contribution in [0.2, 0.25) is 0 Å². The van der Waals surface area contributed by atoms with Gasteiger partial charge in [-0.05, 0) is 38.1 Å². The van der Waals surface area contributed by atoms with Crippen LogP contribution in [0.5, 0.6) is 0 Å². The fraction of sp³-hybridized carbons (Fsp3) is 0.462. The van der Waals surface area contributed by atoms with Gasteiger partial charge in [-0.2, -0.15) is 5.26 Å². The molecule has 2 rings (SSSR count). The van der Waals surface area contributed by atoms with Crippen molar-refractivity contribution >= 4 is 0 Å². The molecule has 0 spiro atoms. The minimum absolute atomic E-state index is 0.260. The zero-order chi connectivity index (χ0) is 11.4. The van der Waals surface area contributed by atoms with Crippen LogP contribution in [0.15, 0.2) is 18.2 Å². The normalized spacial score (nSPS) is 17.0. The van der Waals surface area contributed by atoms with Crippen molar-refractivity contribution < 1.29 is 4.39 Å². The first-order valence-electron chi connectivity index (χ1n) is 5.70. The molecule has 0 bridgehead atoms. The van der Waals surface area contributed by atoms with Gasteiger partial charge in [0.2, 0.25) is 0 Å². The van der Waals surface area contributed by atoms with Gasteiger partial charge < -0.3 is 0 Å². The van der Waals surface area contributed by atoms with Crippen LogP contribution in [0.1, 0.15) is 30.4 Å². The maximum absolute atomic E-state index is 13.6. The average molecular weight is 218 g/mol. The molecule has 0 unspecified atom stereocenters. The fourth-order valence-electron chi connectivity index (χ4n) is 2.10. The van der Waals surface area contributed by atoms with Crippen molar-refractivity contribution in [1.29, 1.82) is 5.26 Å². The van der Waals surface area contributed by atoms with Crippen molar-refractivity contribution in [2.75, 3.05) is 13.1 Å². The van der Waals surface area contributed by atoms with Gasteiger partial charge in [0.1, 0.15) is 5.82 Å². The first-order valence-corrected chi connectivity index (χ1v) is 5.70. The number of hydrogen-bond donors (Lipinski definition) is 0. The van der Waals surface area contributed by atoms with Crippen LogP contribution >= 0.6 is 0 Å². The highest BCUT2D eigenvalue weighted by Gasteiger charge is 2.12. The highest BCUT2D eigenvalue weighted by molar-refractivity contribution is 5.32. The zero-order valence-electron chi connectivity index (χ0n) is 9.25. The van der Waals surface area contributed by atoms with Crippen molar-refractivity contribution in [3.8, 4) is 6.07 Å². The number of nitriles is 1. The van der Waals surface area contributed by atoms with Gasteiger partial charge in [-0.15, -0.1) is 0 Å². The zero-order valence-corrected chi connectivity index (χ0v) is 9.25. The Hall–Kier alpha value is -1.40. The molecule has 0 aliphatic carbocycles. The molecule has 2 nitrogen and oxygen atoms in total. The minimum atomic E-state index is -0.260. The van der Waals surface area contributed by atoms with E-state index in [1.54, 1.807) is 12.1 Å². The summed E-state index contributed by atoms with van der Waals surface area (Å²) in [5.41, 5.74) is 1.08. The van der Waals surface area contributed by atoms with Crippen LogP contribution in [-0.2, 0) is 6.54 Å². The molecule has 0 radical (unpaired) electrons. The first-order chi connectivity index (χ1) is 7.79. The van der Waals surface area contributed by atoms with Gasteiger partial charge in [0.25, 0.3) is 0 Å². The van der Waals surface area contributed by atoms with Crippen LogP contribution in [-0.4, -0.2) is 18.0 Å². The third-order valence-electron chi connectivity index (χ3n) is 3.02. The lowest BCUT2D eigenvalue weighted by atomic mass is 10.1.